The van der Waals surface area contributed by atoms with Gasteiger partial charge < -0.3 is 5.32 Å². The maximum atomic E-state index is 6.01. The number of rotatable bonds is 5. The van der Waals surface area contributed by atoms with Crippen molar-refractivity contribution in [2.75, 3.05) is 13.6 Å². The van der Waals surface area contributed by atoms with Crippen LogP contribution in [0.1, 0.15) is 33.7 Å². The number of hydrogen-bond donors (Lipinski definition) is 1. The van der Waals surface area contributed by atoms with Crippen LogP contribution in [0.15, 0.2) is 36.4 Å². The van der Waals surface area contributed by atoms with Crippen molar-refractivity contribution in [1.82, 2.24) is 5.32 Å². The zero-order valence-electron chi connectivity index (χ0n) is 13.3. The van der Waals surface area contributed by atoms with E-state index in [1.165, 1.54) is 27.8 Å². The van der Waals surface area contributed by atoms with E-state index in [-0.39, 0.29) is 0 Å². The van der Waals surface area contributed by atoms with E-state index in [1.807, 2.05) is 19.2 Å². The van der Waals surface area contributed by atoms with E-state index in [9.17, 15) is 0 Å². The van der Waals surface area contributed by atoms with Crippen LogP contribution in [-0.4, -0.2) is 13.6 Å². The lowest BCUT2D eigenvalue weighted by Gasteiger charge is -2.20. The number of benzene rings is 2. The van der Waals surface area contributed by atoms with Gasteiger partial charge in [0.25, 0.3) is 0 Å². The molecule has 0 spiro atoms. The number of nitrogens with one attached hydrogen (secondary N) is 1. The average molecular weight is 302 g/mol. The summed E-state index contributed by atoms with van der Waals surface area (Å²) in [5.41, 5.74) is 6.93. The fourth-order valence-electron chi connectivity index (χ4n) is 3.07. The van der Waals surface area contributed by atoms with Crippen LogP contribution in [0.3, 0.4) is 0 Å². The third-order valence-electron chi connectivity index (χ3n) is 4.08. The van der Waals surface area contributed by atoms with Crippen molar-refractivity contribution in [1.29, 1.82) is 0 Å². The molecule has 0 heterocycles. The standard InChI is InChI=1S/C19H24ClN/c1-13-9-14(2)19(15(3)10-13)11-17(12-21-4)16-5-7-18(20)8-6-16/h5-10,17,21H,11-12H2,1-4H3. The second kappa shape index (κ2) is 7.11. The zero-order chi connectivity index (χ0) is 15.4. The van der Waals surface area contributed by atoms with Crippen LogP contribution in [0, 0.1) is 20.8 Å². The summed E-state index contributed by atoms with van der Waals surface area (Å²) in [4.78, 5) is 0. The predicted molar refractivity (Wildman–Crippen MR) is 92.5 cm³/mol. The summed E-state index contributed by atoms with van der Waals surface area (Å²) in [5, 5.41) is 4.11. The molecule has 0 fully saturated rings. The van der Waals surface area contributed by atoms with Gasteiger partial charge in [-0.3, -0.25) is 0 Å². The Bertz CT molecular complexity index is 578. The molecule has 0 saturated carbocycles. The first kappa shape index (κ1) is 16.1. The van der Waals surface area contributed by atoms with Gasteiger partial charge in [0.15, 0.2) is 0 Å². The lowest BCUT2D eigenvalue weighted by molar-refractivity contribution is 0.623. The first-order chi connectivity index (χ1) is 10.0. The number of hydrogen-bond acceptors (Lipinski definition) is 1. The third-order valence-corrected chi connectivity index (χ3v) is 4.33. The molecule has 21 heavy (non-hydrogen) atoms. The minimum absolute atomic E-state index is 0.465. The molecule has 2 heteroatoms. The quantitative estimate of drug-likeness (QED) is 0.835. The van der Waals surface area contributed by atoms with Crippen LogP contribution in [0.25, 0.3) is 0 Å². The molecular weight excluding hydrogens is 278 g/mol. The monoisotopic (exact) mass is 301 g/mol. The molecule has 0 bridgehead atoms. The molecule has 1 atom stereocenters. The molecule has 0 aromatic heterocycles. The highest BCUT2D eigenvalue weighted by Gasteiger charge is 2.14. The Morgan fingerprint density at radius 3 is 2.10 bits per heavy atom. The molecule has 0 aliphatic heterocycles. The van der Waals surface area contributed by atoms with Gasteiger partial charge in [0.05, 0.1) is 0 Å². The van der Waals surface area contributed by atoms with Crippen LogP contribution in [-0.2, 0) is 6.42 Å². The fourth-order valence-corrected chi connectivity index (χ4v) is 3.19. The van der Waals surface area contributed by atoms with Gasteiger partial charge in [-0.15, -0.1) is 0 Å². The first-order valence-corrected chi connectivity index (χ1v) is 7.86. The van der Waals surface area contributed by atoms with Crippen molar-refractivity contribution in [3.05, 3.63) is 69.2 Å². The Kier molecular flexibility index (Phi) is 5.44. The van der Waals surface area contributed by atoms with Crippen molar-refractivity contribution in [3.8, 4) is 0 Å². The van der Waals surface area contributed by atoms with Gasteiger partial charge in [0, 0.05) is 17.5 Å². The molecule has 112 valence electrons. The second-order valence-electron chi connectivity index (χ2n) is 5.89. The summed E-state index contributed by atoms with van der Waals surface area (Å²) in [5.74, 6) is 0.465. The molecule has 0 saturated heterocycles. The number of aryl methyl sites for hydroxylation is 3. The van der Waals surface area contributed by atoms with Gasteiger partial charge in [0.1, 0.15) is 0 Å². The highest BCUT2D eigenvalue weighted by molar-refractivity contribution is 6.30. The van der Waals surface area contributed by atoms with Gasteiger partial charge in [-0.25, -0.2) is 0 Å². The van der Waals surface area contributed by atoms with Crippen LogP contribution in [0.5, 0.6) is 0 Å². The summed E-state index contributed by atoms with van der Waals surface area (Å²) < 4.78 is 0. The van der Waals surface area contributed by atoms with E-state index in [4.69, 9.17) is 11.6 Å². The maximum absolute atomic E-state index is 6.01. The van der Waals surface area contributed by atoms with E-state index in [1.54, 1.807) is 0 Å². The molecule has 2 aromatic carbocycles. The number of likely N-dealkylation sites (N-methyl/N-ethyl adjacent to an activating group) is 1. The smallest absolute Gasteiger partial charge is 0.0406 e. The Balaban J connectivity index is 2.30. The third kappa shape index (κ3) is 4.09. The highest BCUT2D eigenvalue weighted by atomic mass is 35.5. The normalized spacial score (nSPS) is 12.4. The summed E-state index contributed by atoms with van der Waals surface area (Å²) >= 11 is 6.01. The molecule has 0 radical (unpaired) electrons. The Morgan fingerprint density at radius 2 is 1.57 bits per heavy atom. The molecule has 0 amide bonds. The van der Waals surface area contributed by atoms with E-state index in [0.717, 1.165) is 18.0 Å². The lowest BCUT2D eigenvalue weighted by Crippen LogP contribution is -2.20. The molecule has 0 aliphatic rings. The first-order valence-electron chi connectivity index (χ1n) is 7.48. The Hall–Kier alpha value is -1.31. The van der Waals surface area contributed by atoms with Gasteiger partial charge >= 0.3 is 0 Å². The minimum atomic E-state index is 0.465. The molecular formula is C19H24ClN. The number of halogens is 1. The van der Waals surface area contributed by atoms with E-state index < -0.39 is 0 Å². The van der Waals surface area contributed by atoms with E-state index in [0.29, 0.717) is 5.92 Å². The lowest BCUT2D eigenvalue weighted by atomic mass is 9.87. The predicted octanol–water partition coefficient (Wildman–Crippen LogP) is 4.81. The second-order valence-corrected chi connectivity index (χ2v) is 6.32. The van der Waals surface area contributed by atoms with Gasteiger partial charge in [-0.2, -0.15) is 0 Å². The van der Waals surface area contributed by atoms with Crippen LogP contribution in [0.4, 0.5) is 0 Å². The Morgan fingerprint density at radius 1 is 1.00 bits per heavy atom. The zero-order valence-corrected chi connectivity index (χ0v) is 14.1. The van der Waals surface area contributed by atoms with Crippen molar-refractivity contribution < 1.29 is 0 Å². The average Bonchev–Trinajstić information content (AvgIpc) is 2.42. The summed E-state index contributed by atoms with van der Waals surface area (Å²) in [6.07, 6.45) is 1.06. The summed E-state index contributed by atoms with van der Waals surface area (Å²) in [6.45, 7) is 7.56. The molecule has 2 rings (SSSR count). The molecule has 0 aliphatic carbocycles. The van der Waals surface area contributed by atoms with E-state index >= 15 is 0 Å². The van der Waals surface area contributed by atoms with Gasteiger partial charge in [-0.05, 0) is 68.6 Å². The van der Waals surface area contributed by atoms with Crippen LogP contribution < -0.4 is 5.32 Å². The SMILES string of the molecule is CNCC(Cc1c(C)cc(C)cc1C)c1ccc(Cl)cc1. The van der Waals surface area contributed by atoms with Crippen molar-refractivity contribution in [2.24, 2.45) is 0 Å². The molecule has 1 N–H and O–H groups in total. The molecule has 1 unspecified atom stereocenters. The highest BCUT2D eigenvalue weighted by Crippen LogP contribution is 2.26. The van der Waals surface area contributed by atoms with Gasteiger partial charge in [-0.1, -0.05) is 41.4 Å². The van der Waals surface area contributed by atoms with Crippen molar-refractivity contribution >= 4 is 11.6 Å². The van der Waals surface area contributed by atoms with Crippen LogP contribution in [0.2, 0.25) is 5.02 Å². The van der Waals surface area contributed by atoms with Gasteiger partial charge in [0.2, 0.25) is 0 Å². The summed E-state index contributed by atoms with van der Waals surface area (Å²) in [7, 11) is 2.01. The molecule has 2 aromatic rings. The topological polar surface area (TPSA) is 12.0 Å². The van der Waals surface area contributed by atoms with E-state index in [2.05, 4.69) is 50.4 Å². The Labute approximate surface area is 133 Å². The van der Waals surface area contributed by atoms with Crippen molar-refractivity contribution in [2.45, 2.75) is 33.1 Å². The molecule has 1 nitrogen and oxygen atoms in total. The van der Waals surface area contributed by atoms with Crippen LogP contribution >= 0.6 is 11.6 Å². The largest absolute Gasteiger partial charge is 0.319 e. The summed E-state index contributed by atoms with van der Waals surface area (Å²) in [6, 6.07) is 12.8. The van der Waals surface area contributed by atoms with Crippen molar-refractivity contribution in [3.63, 3.8) is 0 Å². The maximum Gasteiger partial charge on any atom is 0.0406 e. The minimum Gasteiger partial charge on any atom is -0.319 e. The fraction of sp³-hybridized carbons (Fsp3) is 0.368.